The Balaban J connectivity index is 0.000000214. The van der Waals surface area contributed by atoms with Crippen LogP contribution in [0.15, 0.2) is 96.3 Å². The van der Waals surface area contributed by atoms with Gasteiger partial charge in [-0.3, -0.25) is 23.5 Å². The second-order valence-corrected chi connectivity index (χ2v) is 18.6. The van der Waals surface area contributed by atoms with Crippen LogP contribution < -0.4 is 10.6 Å². The lowest BCUT2D eigenvalue weighted by Crippen LogP contribution is -2.48. The third-order valence-corrected chi connectivity index (χ3v) is 13.8. The fraction of sp³-hybridized carbons (Fsp3) is 0.366. The van der Waals surface area contributed by atoms with Crippen molar-refractivity contribution in [1.29, 1.82) is 5.26 Å². The number of carbonyl (C=O) groups is 3. The molecule has 0 bridgehead atoms. The van der Waals surface area contributed by atoms with Gasteiger partial charge in [-0.2, -0.15) is 5.26 Å². The first kappa shape index (κ1) is 42.0. The molecule has 3 heterocycles. The van der Waals surface area contributed by atoms with Crippen LogP contribution in [-0.4, -0.2) is 86.0 Å². The van der Waals surface area contributed by atoms with Gasteiger partial charge in [0.15, 0.2) is 0 Å². The molecule has 0 saturated carbocycles. The van der Waals surface area contributed by atoms with Crippen molar-refractivity contribution >= 4 is 48.3 Å². The van der Waals surface area contributed by atoms with Crippen LogP contribution in [0.1, 0.15) is 76.6 Å². The first-order valence-corrected chi connectivity index (χ1v) is 21.4. The minimum Gasteiger partial charge on any atom is -0.379 e. The minimum atomic E-state index is -3.98. The van der Waals surface area contributed by atoms with Crippen molar-refractivity contribution in [3.05, 3.63) is 119 Å². The molecule has 56 heavy (non-hydrogen) atoms. The highest BCUT2D eigenvalue weighted by atomic mass is 32.3. The largest absolute Gasteiger partial charge is 0.379 e. The maximum Gasteiger partial charge on any atom is 0.290 e. The summed E-state index contributed by atoms with van der Waals surface area (Å²) in [6, 6.07) is 26.6. The Labute approximate surface area is 331 Å². The average Bonchev–Trinajstić information content (AvgIpc) is 3.48. The normalized spacial score (nSPS) is 18.8. The molecule has 4 N–H and O–H groups in total. The van der Waals surface area contributed by atoms with E-state index in [0.717, 1.165) is 14.2 Å². The topological polar surface area (TPSA) is 183 Å². The minimum absolute atomic E-state index is 0.0288. The quantitative estimate of drug-likeness (QED) is 0.203. The standard InChI is InChI=1S/C21H23N3O3S.C20H27N3O4S/c1-15(2)24-21(25)19(20(28(24,26)27)18-9-4-3-5-10-18)23-12-11-16-7-6-8-17(13-16)14-22;1-14(24)22-12-10-16(11-13-22)21-17-18(15-8-6-5-7-9-15)28(26,27)23(19(17)25)20(2,3)4/h3-10,13,15,23,26-27H,11-12H2,1-2H3;5-9,16,21H,10-13H2,1-4H3. The second kappa shape index (κ2) is 16.9. The van der Waals surface area contributed by atoms with Gasteiger partial charge in [0.05, 0.1) is 17.2 Å². The van der Waals surface area contributed by atoms with Crippen molar-refractivity contribution in [3.63, 3.8) is 0 Å². The molecule has 3 aliphatic rings. The number of hydrogen-bond acceptors (Lipinski definition) is 10. The van der Waals surface area contributed by atoms with E-state index >= 15 is 0 Å². The number of rotatable bonds is 9. The maximum atomic E-state index is 13.3. The molecule has 298 valence electrons. The molecule has 3 amide bonds. The van der Waals surface area contributed by atoms with E-state index in [-0.39, 0.29) is 39.2 Å². The first-order chi connectivity index (χ1) is 26.4. The van der Waals surface area contributed by atoms with Crippen LogP contribution in [0.4, 0.5) is 0 Å². The summed E-state index contributed by atoms with van der Waals surface area (Å²) in [7, 11) is -7.40. The predicted octanol–water partition coefficient (Wildman–Crippen LogP) is 5.90. The number of carbonyl (C=O) groups excluding carboxylic acids is 3. The molecule has 0 spiro atoms. The lowest BCUT2D eigenvalue weighted by atomic mass is 10.0. The fourth-order valence-electron chi connectivity index (χ4n) is 7.01. The Hall–Kier alpha value is -5.14. The Morgan fingerprint density at radius 2 is 1.45 bits per heavy atom. The number of nitrogens with zero attached hydrogens (tertiary/aromatic N) is 4. The molecule has 0 unspecified atom stereocenters. The van der Waals surface area contributed by atoms with E-state index in [0.29, 0.717) is 55.6 Å². The Bertz CT molecular complexity index is 2170. The van der Waals surface area contributed by atoms with Gasteiger partial charge in [-0.15, -0.1) is 0 Å². The maximum absolute atomic E-state index is 13.3. The first-order valence-electron chi connectivity index (χ1n) is 18.5. The van der Waals surface area contributed by atoms with E-state index in [4.69, 9.17) is 5.26 Å². The van der Waals surface area contributed by atoms with Gasteiger partial charge in [0, 0.05) is 44.2 Å². The number of sulfonamides is 1. The Morgan fingerprint density at radius 3 is 1.96 bits per heavy atom. The van der Waals surface area contributed by atoms with Gasteiger partial charge in [0.25, 0.3) is 21.8 Å². The van der Waals surface area contributed by atoms with Crippen molar-refractivity contribution in [1.82, 2.24) is 24.1 Å². The van der Waals surface area contributed by atoms with Crippen LogP contribution in [0.25, 0.3) is 9.81 Å². The van der Waals surface area contributed by atoms with Crippen LogP contribution in [0, 0.1) is 11.3 Å². The van der Waals surface area contributed by atoms with E-state index < -0.39 is 38.2 Å². The highest BCUT2D eigenvalue weighted by Gasteiger charge is 2.50. The van der Waals surface area contributed by atoms with Crippen molar-refractivity contribution in [2.24, 2.45) is 0 Å². The summed E-state index contributed by atoms with van der Waals surface area (Å²) in [5, 5.41) is 15.3. The summed E-state index contributed by atoms with van der Waals surface area (Å²) < 4.78 is 50.5. The summed E-state index contributed by atoms with van der Waals surface area (Å²) in [5.74, 6) is -0.916. The van der Waals surface area contributed by atoms with E-state index in [1.165, 1.54) is 6.92 Å². The number of hydrogen-bond donors (Lipinski definition) is 4. The average molecular weight is 803 g/mol. The van der Waals surface area contributed by atoms with Crippen LogP contribution in [0.3, 0.4) is 0 Å². The molecular weight excluding hydrogens is 753 g/mol. The molecular formula is C41H50N6O7S2. The van der Waals surface area contributed by atoms with Crippen LogP contribution in [-0.2, 0) is 30.8 Å². The molecule has 13 nitrogen and oxygen atoms in total. The van der Waals surface area contributed by atoms with Crippen LogP contribution in [0.5, 0.6) is 0 Å². The van der Waals surface area contributed by atoms with Gasteiger partial charge in [0.1, 0.15) is 21.2 Å². The SMILES string of the molecule is CC(=O)N1CCC(NC2=C(c3ccccc3)S(=O)(=O)N(C(C)(C)C)C2=O)CC1.CC(C)N1C(=O)C(NCCc2cccc(C#N)c2)=C(c2ccccc2)S1(O)O. The molecule has 3 aromatic rings. The van der Waals surface area contributed by atoms with E-state index in [1.54, 1.807) is 106 Å². The van der Waals surface area contributed by atoms with Crippen molar-refractivity contribution < 1.29 is 31.9 Å². The molecule has 3 aromatic carbocycles. The molecule has 6 rings (SSSR count). The van der Waals surface area contributed by atoms with Gasteiger partial charge in [-0.25, -0.2) is 17.0 Å². The third kappa shape index (κ3) is 8.79. The van der Waals surface area contributed by atoms with Gasteiger partial charge in [0.2, 0.25) is 5.91 Å². The summed E-state index contributed by atoms with van der Waals surface area (Å²) in [6.45, 7) is 11.8. The van der Waals surface area contributed by atoms with Crippen molar-refractivity contribution in [2.75, 3.05) is 19.6 Å². The lowest BCUT2D eigenvalue weighted by Gasteiger charge is -2.40. The molecule has 1 saturated heterocycles. The Kier molecular flexibility index (Phi) is 12.7. The number of nitrogens with one attached hydrogen (secondary N) is 2. The predicted molar refractivity (Wildman–Crippen MR) is 218 cm³/mol. The smallest absolute Gasteiger partial charge is 0.290 e. The summed E-state index contributed by atoms with van der Waals surface area (Å²) >= 11 is 0. The van der Waals surface area contributed by atoms with Crippen LogP contribution >= 0.6 is 10.8 Å². The molecule has 15 heteroatoms. The molecule has 0 aliphatic carbocycles. The molecule has 0 atom stereocenters. The fourth-order valence-corrected chi connectivity index (χ4v) is 11.1. The third-order valence-electron chi connectivity index (χ3n) is 9.52. The second-order valence-electron chi connectivity index (χ2n) is 15.0. The monoisotopic (exact) mass is 802 g/mol. The molecule has 3 aliphatic heterocycles. The Morgan fingerprint density at radius 1 is 0.875 bits per heavy atom. The number of benzene rings is 3. The van der Waals surface area contributed by atoms with Crippen molar-refractivity contribution in [2.45, 2.75) is 78.4 Å². The van der Waals surface area contributed by atoms with Gasteiger partial charge >= 0.3 is 0 Å². The number of nitriles is 1. The van der Waals surface area contributed by atoms with Gasteiger partial charge < -0.3 is 15.5 Å². The lowest BCUT2D eigenvalue weighted by molar-refractivity contribution is -0.130. The zero-order valence-corrected chi connectivity index (χ0v) is 34.2. The summed E-state index contributed by atoms with van der Waals surface area (Å²) in [6.07, 6.45) is 1.91. The van der Waals surface area contributed by atoms with E-state index in [2.05, 4.69) is 16.7 Å². The molecule has 1 fully saturated rings. The summed E-state index contributed by atoms with van der Waals surface area (Å²) in [4.78, 5) is 39.7. The zero-order chi connectivity index (χ0) is 41.0. The van der Waals surface area contributed by atoms with E-state index in [1.807, 2.05) is 18.2 Å². The van der Waals surface area contributed by atoms with E-state index in [9.17, 15) is 31.9 Å². The number of likely N-dealkylation sites (tertiary alicyclic amines) is 1. The highest BCUT2D eigenvalue weighted by molar-refractivity contribution is 8.31. The highest BCUT2D eigenvalue weighted by Crippen LogP contribution is 2.62. The molecule has 0 radical (unpaired) electrons. The molecule has 0 aromatic heterocycles. The van der Waals surface area contributed by atoms with Crippen molar-refractivity contribution in [3.8, 4) is 6.07 Å². The van der Waals surface area contributed by atoms with Gasteiger partial charge in [-0.1, -0.05) is 83.6 Å². The zero-order valence-electron chi connectivity index (χ0n) is 32.5. The summed E-state index contributed by atoms with van der Waals surface area (Å²) in [5.41, 5.74) is 2.11. The number of amides is 3. The van der Waals surface area contributed by atoms with Gasteiger partial charge in [-0.05, 0) is 77.1 Å². The van der Waals surface area contributed by atoms with Crippen LogP contribution in [0.2, 0.25) is 0 Å². The number of piperidine rings is 1.